The van der Waals surface area contributed by atoms with Gasteiger partial charge in [-0.15, -0.1) is 0 Å². The Hall–Kier alpha value is -1.43. The number of hydrogen-bond donors (Lipinski definition) is 1. The molecule has 2 saturated heterocycles. The second kappa shape index (κ2) is 10.6. The van der Waals surface area contributed by atoms with Crippen molar-refractivity contribution < 1.29 is 27.8 Å². The van der Waals surface area contributed by atoms with Gasteiger partial charge < -0.3 is 19.5 Å². The van der Waals surface area contributed by atoms with Crippen LogP contribution in [0.5, 0.6) is 0 Å². The van der Waals surface area contributed by atoms with E-state index >= 15 is 0 Å². The van der Waals surface area contributed by atoms with Crippen LogP contribution in [0.2, 0.25) is 5.02 Å². The molecule has 4 fully saturated rings. The highest BCUT2D eigenvalue weighted by molar-refractivity contribution is 7.89. The molecule has 11 heteroatoms. The van der Waals surface area contributed by atoms with Crippen molar-refractivity contribution in [2.75, 3.05) is 39.5 Å². The third-order valence-electron chi connectivity index (χ3n) is 8.21. The van der Waals surface area contributed by atoms with Crippen LogP contribution < -0.4 is 0 Å². The quantitative estimate of drug-likeness (QED) is 0.526. The molecule has 1 amide bonds. The summed E-state index contributed by atoms with van der Waals surface area (Å²) in [6.07, 6.45) is 3.75. The Morgan fingerprint density at radius 3 is 2.35 bits per heavy atom. The summed E-state index contributed by atoms with van der Waals surface area (Å²) in [6, 6.07) is 5.20. The minimum absolute atomic E-state index is 0.0780. The lowest BCUT2D eigenvalue weighted by molar-refractivity contribution is -0.0800. The van der Waals surface area contributed by atoms with Crippen molar-refractivity contribution >= 4 is 27.7 Å². The SMILES string of the molecule is C[C@@H]1CN(CCO)C[C@H](C)N1C(=O)OC1([C@H]2COC[C@@H](CC3CC3)N2S(=O)(=O)c2ccc(Cl)cc2)CC1. The summed E-state index contributed by atoms with van der Waals surface area (Å²) in [6.45, 7) is 6.44. The summed E-state index contributed by atoms with van der Waals surface area (Å²) in [4.78, 5) is 17.6. The van der Waals surface area contributed by atoms with E-state index < -0.39 is 27.8 Å². The lowest BCUT2D eigenvalue weighted by Gasteiger charge is -2.46. The topological polar surface area (TPSA) is 99.6 Å². The molecule has 1 aromatic carbocycles. The minimum Gasteiger partial charge on any atom is -0.441 e. The molecule has 0 aromatic heterocycles. The number of β-amino-alcohol motifs (C(OH)–C–C–N with tert-alkyl or cyclic N) is 1. The second-order valence-electron chi connectivity index (χ2n) is 11.2. The van der Waals surface area contributed by atoms with E-state index in [1.54, 1.807) is 33.5 Å². The van der Waals surface area contributed by atoms with Crippen molar-refractivity contribution in [1.29, 1.82) is 0 Å². The van der Waals surface area contributed by atoms with Gasteiger partial charge in [-0.25, -0.2) is 13.2 Å². The third-order valence-corrected chi connectivity index (χ3v) is 10.4. The van der Waals surface area contributed by atoms with Crippen molar-refractivity contribution in [2.24, 2.45) is 5.92 Å². The Bertz CT molecular complexity index is 1070. The summed E-state index contributed by atoms with van der Waals surface area (Å²) in [5.74, 6) is 0.505. The summed E-state index contributed by atoms with van der Waals surface area (Å²) < 4.78 is 41.9. The maximum absolute atomic E-state index is 14.0. The number of halogens is 1. The lowest BCUT2D eigenvalue weighted by atomic mass is 10.0. The van der Waals surface area contributed by atoms with Gasteiger partial charge in [-0.1, -0.05) is 24.4 Å². The molecule has 1 N–H and O–H groups in total. The molecule has 4 aliphatic rings. The first-order valence-electron chi connectivity index (χ1n) is 13.4. The largest absolute Gasteiger partial charge is 0.441 e. The Kier molecular flexibility index (Phi) is 7.79. The van der Waals surface area contributed by atoms with Crippen LogP contribution in [0, 0.1) is 5.92 Å². The molecule has 2 aliphatic heterocycles. The minimum atomic E-state index is -3.87. The van der Waals surface area contributed by atoms with Gasteiger partial charge >= 0.3 is 6.09 Å². The van der Waals surface area contributed by atoms with Crippen LogP contribution in [0.4, 0.5) is 4.79 Å². The van der Waals surface area contributed by atoms with Gasteiger partial charge in [-0.3, -0.25) is 4.90 Å². The molecule has 9 nitrogen and oxygen atoms in total. The van der Waals surface area contributed by atoms with E-state index in [0.29, 0.717) is 50.0 Å². The number of piperazine rings is 1. The highest BCUT2D eigenvalue weighted by Crippen LogP contribution is 2.49. The van der Waals surface area contributed by atoms with E-state index in [1.165, 1.54) is 0 Å². The number of rotatable bonds is 8. The van der Waals surface area contributed by atoms with Gasteiger partial charge in [0.25, 0.3) is 0 Å². The number of carbonyl (C=O) groups excluding carboxylic acids is 1. The van der Waals surface area contributed by atoms with Crippen LogP contribution in [0.1, 0.15) is 46.0 Å². The molecule has 0 radical (unpaired) electrons. The van der Waals surface area contributed by atoms with Crippen molar-refractivity contribution in [3.63, 3.8) is 0 Å². The zero-order valence-corrected chi connectivity index (χ0v) is 23.2. The van der Waals surface area contributed by atoms with Gasteiger partial charge in [-0.05, 0) is 63.3 Å². The first kappa shape index (κ1) is 27.1. The first-order valence-corrected chi connectivity index (χ1v) is 15.2. The van der Waals surface area contributed by atoms with Gasteiger partial charge in [-0.2, -0.15) is 4.31 Å². The van der Waals surface area contributed by atoms with Crippen LogP contribution in [-0.2, 0) is 19.5 Å². The number of ether oxygens (including phenoxy) is 2. The lowest BCUT2D eigenvalue weighted by Crippen LogP contribution is -2.63. The average molecular weight is 556 g/mol. The normalized spacial score (nSPS) is 30.8. The number of hydrogen-bond acceptors (Lipinski definition) is 7. The number of carbonyl (C=O) groups is 1. The molecular formula is C26H38ClN3O6S. The maximum Gasteiger partial charge on any atom is 0.410 e. The fraction of sp³-hybridized carbons (Fsp3) is 0.731. The maximum atomic E-state index is 14.0. The average Bonchev–Trinajstić information content (AvgIpc) is 3.77. The number of benzene rings is 1. The molecule has 206 valence electrons. The highest BCUT2D eigenvalue weighted by Gasteiger charge is 2.61. The van der Waals surface area contributed by atoms with Gasteiger partial charge in [0.2, 0.25) is 10.0 Å². The molecule has 5 rings (SSSR count). The zero-order valence-electron chi connectivity index (χ0n) is 21.6. The van der Waals surface area contributed by atoms with Gasteiger partial charge in [0, 0.05) is 42.8 Å². The summed E-state index contributed by atoms with van der Waals surface area (Å²) in [5.41, 5.74) is -0.902. The molecule has 0 unspecified atom stereocenters. The fourth-order valence-electron chi connectivity index (χ4n) is 6.07. The van der Waals surface area contributed by atoms with Crippen molar-refractivity contribution in [3.05, 3.63) is 29.3 Å². The van der Waals surface area contributed by atoms with Gasteiger partial charge in [0.1, 0.15) is 5.60 Å². The standard InChI is InChI=1S/C26H38ClN3O6S/c1-18-14-28(11-12-31)15-19(2)29(18)25(32)36-26(9-10-26)24-17-35-16-22(13-20-3-4-20)30(24)37(33,34)23-7-5-21(27)6-8-23/h5-8,18-20,22,24,31H,3-4,9-17H2,1-2H3/t18-,19+,22-,24-/m1/s1. The zero-order chi connectivity index (χ0) is 26.4. The van der Waals surface area contributed by atoms with Crippen molar-refractivity contribution in [2.45, 2.75) is 80.6 Å². The molecule has 37 heavy (non-hydrogen) atoms. The molecular weight excluding hydrogens is 518 g/mol. The molecule has 0 bridgehead atoms. The molecule has 2 aliphatic carbocycles. The molecule has 1 aromatic rings. The first-order chi connectivity index (χ1) is 17.6. The molecule has 2 saturated carbocycles. The Morgan fingerprint density at radius 1 is 1.14 bits per heavy atom. The van der Waals surface area contributed by atoms with Gasteiger partial charge in [0.15, 0.2) is 0 Å². The van der Waals surface area contributed by atoms with Crippen molar-refractivity contribution in [1.82, 2.24) is 14.1 Å². The Morgan fingerprint density at radius 2 is 1.78 bits per heavy atom. The van der Waals surface area contributed by atoms with Crippen molar-refractivity contribution in [3.8, 4) is 0 Å². The number of aliphatic hydroxyl groups excluding tert-OH is 1. The number of amides is 1. The number of aliphatic hydroxyl groups is 1. The van der Waals surface area contributed by atoms with E-state index in [2.05, 4.69) is 4.90 Å². The molecule has 2 heterocycles. The summed E-state index contributed by atoms with van der Waals surface area (Å²) in [5, 5.41) is 9.79. The van der Waals surface area contributed by atoms with Crippen LogP contribution in [0.25, 0.3) is 0 Å². The van der Waals surface area contributed by atoms with Gasteiger partial charge in [0.05, 0.1) is 30.8 Å². The summed E-state index contributed by atoms with van der Waals surface area (Å²) >= 11 is 6.04. The second-order valence-corrected chi connectivity index (χ2v) is 13.5. The van der Waals surface area contributed by atoms with E-state index in [1.807, 2.05) is 13.8 Å². The Balaban J connectivity index is 1.39. The van der Waals surface area contributed by atoms with Crippen LogP contribution in [-0.4, -0.2) is 103 Å². The van der Waals surface area contributed by atoms with E-state index in [0.717, 1.165) is 19.3 Å². The highest BCUT2D eigenvalue weighted by atomic mass is 35.5. The predicted octanol–water partition coefficient (Wildman–Crippen LogP) is 2.95. The van der Waals surface area contributed by atoms with E-state index in [4.69, 9.17) is 21.1 Å². The van der Waals surface area contributed by atoms with Crippen LogP contribution in [0.3, 0.4) is 0 Å². The van der Waals surface area contributed by atoms with E-state index in [9.17, 15) is 18.3 Å². The predicted molar refractivity (Wildman–Crippen MR) is 139 cm³/mol. The molecule has 4 atom stereocenters. The van der Waals surface area contributed by atoms with Crippen LogP contribution in [0.15, 0.2) is 29.2 Å². The molecule has 0 spiro atoms. The third kappa shape index (κ3) is 5.65. The van der Waals surface area contributed by atoms with E-state index in [-0.39, 0.29) is 36.2 Å². The summed E-state index contributed by atoms with van der Waals surface area (Å²) in [7, 11) is -3.87. The number of nitrogens with zero attached hydrogens (tertiary/aromatic N) is 3. The smallest absolute Gasteiger partial charge is 0.410 e. The number of morpholine rings is 1. The monoisotopic (exact) mass is 555 g/mol. The Labute approximate surface area is 224 Å². The fourth-order valence-corrected chi connectivity index (χ4v) is 8.05. The number of sulfonamides is 1. The van der Waals surface area contributed by atoms with Crippen LogP contribution >= 0.6 is 11.6 Å².